The maximum absolute atomic E-state index is 12.1. The monoisotopic (exact) mass is 300 g/mol. The summed E-state index contributed by atoms with van der Waals surface area (Å²) in [5.41, 5.74) is 0. The molecule has 2 saturated heterocycles. The molecule has 2 aliphatic rings. The maximum Gasteiger partial charge on any atom is 0.288 e. The van der Waals surface area contributed by atoms with Gasteiger partial charge in [0.15, 0.2) is 6.04 Å². The second kappa shape index (κ2) is 7.08. The Bertz CT molecular complexity index is 380. The molecule has 0 radical (unpaired) electrons. The lowest BCUT2D eigenvalue weighted by Crippen LogP contribution is -3.17. The summed E-state index contributed by atoms with van der Waals surface area (Å²) in [5, 5.41) is 2.62. The van der Waals surface area contributed by atoms with Crippen molar-refractivity contribution in [2.24, 2.45) is 0 Å². The van der Waals surface area contributed by atoms with Crippen LogP contribution in [0.25, 0.3) is 0 Å². The number of carbonyl (C=O) groups excluding carboxylic acids is 3. The van der Waals surface area contributed by atoms with Crippen LogP contribution in [0.3, 0.4) is 0 Å². The predicted octanol–water partition coefficient (Wildman–Crippen LogP) is -0.745. The van der Waals surface area contributed by atoms with Gasteiger partial charge in [0.1, 0.15) is 0 Å². The molecule has 2 N–H and O–H groups in total. The second-order valence-corrected chi connectivity index (χ2v) is 6.26. The molecule has 0 spiro atoms. The minimum absolute atomic E-state index is 0.00801. The second-order valence-electron chi connectivity index (χ2n) is 5.33. The summed E-state index contributed by atoms with van der Waals surface area (Å²) in [6, 6.07) is -0.0605. The Hall–Kier alpha value is -1.08. The van der Waals surface area contributed by atoms with Gasteiger partial charge in [0.05, 0.1) is 18.8 Å². The fourth-order valence-electron chi connectivity index (χ4n) is 2.67. The number of piperidine rings is 1. The van der Waals surface area contributed by atoms with Crippen LogP contribution in [0.4, 0.5) is 4.79 Å². The van der Waals surface area contributed by atoms with E-state index < -0.39 is 0 Å². The highest BCUT2D eigenvalue weighted by atomic mass is 32.2. The summed E-state index contributed by atoms with van der Waals surface area (Å²) >= 11 is 1.02. The molecule has 2 heterocycles. The highest BCUT2D eigenvalue weighted by Crippen LogP contribution is 2.17. The van der Waals surface area contributed by atoms with Crippen molar-refractivity contribution in [2.75, 3.05) is 31.9 Å². The van der Waals surface area contributed by atoms with Crippen LogP contribution in [-0.2, 0) is 9.59 Å². The summed E-state index contributed by atoms with van der Waals surface area (Å²) in [6.07, 6.45) is 3.62. The molecule has 0 aliphatic carbocycles. The fraction of sp³-hybridized carbons (Fsp3) is 0.769. The van der Waals surface area contributed by atoms with E-state index in [1.807, 2.05) is 6.92 Å². The van der Waals surface area contributed by atoms with Crippen molar-refractivity contribution in [3.05, 3.63) is 0 Å². The van der Waals surface area contributed by atoms with Crippen LogP contribution in [-0.4, -0.2) is 59.9 Å². The van der Waals surface area contributed by atoms with Crippen molar-refractivity contribution in [3.63, 3.8) is 0 Å². The molecule has 0 aromatic heterocycles. The molecule has 3 amide bonds. The summed E-state index contributed by atoms with van der Waals surface area (Å²) < 4.78 is 0. The van der Waals surface area contributed by atoms with Crippen molar-refractivity contribution in [1.29, 1.82) is 0 Å². The van der Waals surface area contributed by atoms with Crippen molar-refractivity contribution in [2.45, 2.75) is 32.2 Å². The average Bonchev–Trinajstić information content (AvgIpc) is 2.79. The van der Waals surface area contributed by atoms with Crippen LogP contribution in [0, 0.1) is 0 Å². The lowest BCUT2D eigenvalue weighted by molar-refractivity contribution is -0.918. The average molecular weight is 300 g/mol. The van der Waals surface area contributed by atoms with E-state index in [0.717, 1.165) is 24.9 Å². The molecule has 0 aromatic rings. The first kappa shape index (κ1) is 15.3. The maximum atomic E-state index is 12.1. The highest BCUT2D eigenvalue weighted by molar-refractivity contribution is 8.14. The van der Waals surface area contributed by atoms with Crippen LogP contribution in [0.1, 0.15) is 26.2 Å². The number of nitrogens with one attached hydrogen (secondary N) is 2. The van der Waals surface area contributed by atoms with Crippen LogP contribution < -0.4 is 10.2 Å². The van der Waals surface area contributed by atoms with Crippen molar-refractivity contribution in [1.82, 2.24) is 10.2 Å². The number of carbonyl (C=O) groups is 3. The third-order valence-electron chi connectivity index (χ3n) is 3.98. The van der Waals surface area contributed by atoms with Gasteiger partial charge in [0.25, 0.3) is 11.1 Å². The van der Waals surface area contributed by atoms with Gasteiger partial charge < -0.3 is 10.2 Å². The number of hydrogen-bond acceptors (Lipinski definition) is 4. The molecule has 112 valence electrons. The third kappa shape index (κ3) is 3.73. The van der Waals surface area contributed by atoms with Gasteiger partial charge in [0, 0.05) is 13.1 Å². The Kier molecular flexibility index (Phi) is 5.42. The van der Waals surface area contributed by atoms with E-state index >= 15 is 0 Å². The molecule has 2 fully saturated rings. The van der Waals surface area contributed by atoms with Crippen LogP contribution in [0.15, 0.2) is 0 Å². The van der Waals surface area contributed by atoms with E-state index in [2.05, 4.69) is 5.32 Å². The van der Waals surface area contributed by atoms with Gasteiger partial charge in [-0.15, -0.1) is 0 Å². The fourth-order valence-corrected chi connectivity index (χ4v) is 3.42. The Balaban J connectivity index is 1.71. The zero-order chi connectivity index (χ0) is 14.5. The first-order chi connectivity index (χ1) is 9.59. The zero-order valence-electron chi connectivity index (χ0n) is 11.8. The smallest absolute Gasteiger partial charge is 0.288 e. The number of rotatable bonds is 5. The van der Waals surface area contributed by atoms with Crippen LogP contribution in [0.5, 0.6) is 0 Å². The van der Waals surface area contributed by atoms with Gasteiger partial charge in [-0.1, -0.05) is 11.8 Å². The first-order valence-corrected chi connectivity index (χ1v) is 8.17. The molecule has 0 unspecified atom stereocenters. The number of hydrogen-bond donors (Lipinski definition) is 2. The first-order valence-electron chi connectivity index (χ1n) is 7.19. The normalized spacial score (nSPS) is 22.1. The van der Waals surface area contributed by atoms with Crippen molar-refractivity contribution < 1.29 is 19.3 Å². The molecule has 20 heavy (non-hydrogen) atoms. The van der Waals surface area contributed by atoms with E-state index in [4.69, 9.17) is 0 Å². The number of amides is 3. The van der Waals surface area contributed by atoms with E-state index in [-0.39, 0.29) is 35.4 Å². The molecule has 2 rings (SSSR count). The van der Waals surface area contributed by atoms with Crippen molar-refractivity contribution in [3.8, 4) is 0 Å². The van der Waals surface area contributed by atoms with Gasteiger partial charge in [0.2, 0.25) is 5.91 Å². The lowest BCUT2D eigenvalue weighted by atomic mass is 10.1. The standard InChI is InChI=1S/C13H21N3O3S/c1-10(15-6-3-2-4-7-15)12(18)14-5-8-16-11(17)9-20-13(16)19/h10H,2-9H2,1H3,(H,14,18)/p+1/t10-/m0/s1. The number of imide groups is 1. The van der Waals surface area contributed by atoms with Crippen LogP contribution in [0.2, 0.25) is 0 Å². The van der Waals surface area contributed by atoms with Gasteiger partial charge in [-0.2, -0.15) is 0 Å². The predicted molar refractivity (Wildman–Crippen MR) is 76.6 cm³/mol. The zero-order valence-corrected chi connectivity index (χ0v) is 12.6. The van der Waals surface area contributed by atoms with Crippen LogP contribution >= 0.6 is 11.8 Å². The van der Waals surface area contributed by atoms with Crippen molar-refractivity contribution >= 4 is 28.8 Å². The van der Waals surface area contributed by atoms with Gasteiger partial charge in [-0.3, -0.25) is 19.3 Å². The van der Waals surface area contributed by atoms with Gasteiger partial charge in [-0.05, 0) is 26.2 Å². The number of nitrogens with zero attached hydrogens (tertiary/aromatic N) is 1. The lowest BCUT2D eigenvalue weighted by Gasteiger charge is -2.28. The van der Waals surface area contributed by atoms with Gasteiger partial charge in [-0.25, -0.2) is 0 Å². The molecular formula is C13H22N3O3S+. The quantitative estimate of drug-likeness (QED) is 0.701. The summed E-state index contributed by atoms with van der Waals surface area (Å²) in [4.78, 5) is 37.4. The topological polar surface area (TPSA) is 70.9 Å². The minimum Gasteiger partial charge on any atom is -0.349 e. The Labute approximate surface area is 123 Å². The molecule has 0 aromatic carbocycles. The van der Waals surface area contributed by atoms with Gasteiger partial charge >= 0.3 is 0 Å². The number of quaternary nitrogens is 1. The summed E-state index contributed by atoms with van der Waals surface area (Å²) in [5.74, 6) is 0.0683. The Morgan fingerprint density at radius 1 is 1.35 bits per heavy atom. The molecular weight excluding hydrogens is 278 g/mol. The van der Waals surface area contributed by atoms with E-state index in [9.17, 15) is 14.4 Å². The van der Waals surface area contributed by atoms with E-state index in [1.165, 1.54) is 29.1 Å². The van der Waals surface area contributed by atoms with E-state index in [1.54, 1.807) is 0 Å². The highest BCUT2D eigenvalue weighted by Gasteiger charge is 2.30. The molecule has 6 nitrogen and oxygen atoms in total. The SMILES string of the molecule is C[C@@H](C(=O)NCCN1C(=O)CSC1=O)[NH+]1CCCCC1. The number of likely N-dealkylation sites (tertiary alicyclic amines) is 1. The van der Waals surface area contributed by atoms with E-state index in [0.29, 0.717) is 6.54 Å². The Morgan fingerprint density at radius 2 is 2.05 bits per heavy atom. The molecule has 1 atom stereocenters. The Morgan fingerprint density at radius 3 is 2.65 bits per heavy atom. The third-order valence-corrected chi connectivity index (χ3v) is 4.84. The summed E-state index contributed by atoms with van der Waals surface area (Å²) in [7, 11) is 0. The molecule has 7 heteroatoms. The number of thioether (sulfide) groups is 1. The minimum atomic E-state index is -0.209. The summed E-state index contributed by atoms with van der Waals surface area (Å²) in [6.45, 7) is 4.66. The molecule has 2 aliphatic heterocycles. The molecule has 0 saturated carbocycles. The molecule has 0 bridgehead atoms. The largest absolute Gasteiger partial charge is 0.349 e.